The van der Waals surface area contributed by atoms with E-state index in [2.05, 4.69) is 57.0 Å². The predicted octanol–water partition coefficient (Wildman–Crippen LogP) is 5.81. The molecule has 5 heteroatoms. The number of H-pyrrole nitrogens is 1. The SMILES string of the molecule is COCc1cc2c3c(ccc2c2ccc(Cc4nnn[nH]4)cc12)CCCC3.c1ccccc1. The third-order valence-corrected chi connectivity index (χ3v) is 6.34. The van der Waals surface area contributed by atoms with Crippen LogP contribution in [-0.4, -0.2) is 27.7 Å². The molecule has 1 aliphatic carbocycles. The maximum Gasteiger partial charge on any atom is 0.152 e. The van der Waals surface area contributed by atoms with Gasteiger partial charge in [-0.3, -0.25) is 0 Å². The minimum atomic E-state index is 0.615. The molecule has 0 saturated heterocycles. The summed E-state index contributed by atoms with van der Waals surface area (Å²) in [6, 6.07) is 25.7. The molecule has 0 unspecified atom stereocenters. The third kappa shape index (κ3) is 4.64. The highest BCUT2D eigenvalue weighted by Crippen LogP contribution is 2.36. The average Bonchev–Trinajstić information content (AvgIpc) is 3.39. The molecule has 4 aromatic carbocycles. The van der Waals surface area contributed by atoms with Gasteiger partial charge in [-0.25, -0.2) is 5.10 Å². The van der Waals surface area contributed by atoms with E-state index in [4.69, 9.17) is 4.74 Å². The lowest BCUT2D eigenvalue weighted by Gasteiger charge is -2.20. The minimum absolute atomic E-state index is 0.615. The summed E-state index contributed by atoms with van der Waals surface area (Å²) in [6.45, 7) is 0.615. The fourth-order valence-electron chi connectivity index (χ4n) is 4.82. The summed E-state index contributed by atoms with van der Waals surface area (Å²) in [5.41, 5.74) is 5.49. The number of nitrogens with one attached hydrogen (secondary N) is 1. The van der Waals surface area contributed by atoms with E-state index in [-0.39, 0.29) is 0 Å². The summed E-state index contributed by atoms with van der Waals surface area (Å²) in [5.74, 6) is 0.775. The molecule has 5 aromatic rings. The summed E-state index contributed by atoms with van der Waals surface area (Å²) >= 11 is 0. The molecule has 0 spiro atoms. The highest BCUT2D eigenvalue weighted by atomic mass is 16.5. The van der Waals surface area contributed by atoms with Crippen molar-refractivity contribution in [2.24, 2.45) is 0 Å². The lowest BCUT2D eigenvalue weighted by Crippen LogP contribution is -2.04. The van der Waals surface area contributed by atoms with Gasteiger partial charge in [0.25, 0.3) is 0 Å². The van der Waals surface area contributed by atoms with E-state index in [1.807, 2.05) is 36.4 Å². The van der Waals surface area contributed by atoms with Crippen LogP contribution in [0.25, 0.3) is 21.5 Å². The van der Waals surface area contributed by atoms with E-state index < -0.39 is 0 Å². The normalized spacial score (nSPS) is 12.9. The van der Waals surface area contributed by atoms with Gasteiger partial charge in [-0.15, -0.1) is 5.10 Å². The van der Waals surface area contributed by atoms with E-state index in [0.717, 1.165) is 5.82 Å². The van der Waals surface area contributed by atoms with Gasteiger partial charge in [-0.2, -0.15) is 0 Å². The van der Waals surface area contributed by atoms with Crippen LogP contribution in [0, 0.1) is 0 Å². The molecule has 1 aliphatic rings. The molecule has 1 heterocycles. The van der Waals surface area contributed by atoms with Crippen LogP contribution in [-0.2, 0) is 30.6 Å². The van der Waals surface area contributed by atoms with Crippen LogP contribution in [0.4, 0.5) is 0 Å². The van der Waals surface area contributed by atoms with Crippen LogP contribution >= 0.6 is 0 Å². The molecule has 0 fully saturated rings. The van der Waals surface area contributed by atoms with Crippen molar-refractivity contribution in [1.82, 2.24) is 20.6 Å². The largest absolute Gasteiger partial charge is 0.380 e. The van der Waals surface area contributed by atoms with Crippen LogP contribution in [0.5, 0.6) is 0 Å². The number of tetrazole rings is 1. The highest BCUT2D eigenvalue weighted by Gasteiger charge is 2.16. The molecule has 0 amide bonds. The number of aryl methyl sites for hydroxylation is 2. The summed E-state index contributed by atoms with van der Waals surface area (Å²) < 4.78 is 5.54. The lowest BCUT2D eigenvalue weighted by molar-refractivity contribution is 0.186. The number of hydrogen-bond acceptors (Lipinski definition) is 4. The van der Waals surface area contributed by atoms with Crippen molar-refractivity contribution in [1.29, 1.82) is 0 Å². The van der Waals surface area contributed by atoms with E-state index in [1.165, 1.54) is 69.5 Å². The maximum absolute atomic E-state index is 5.54. The molecular weight excluding hydrogens is 408 g/mol. The Labute approximate surface area is 193 Å². The number of benzene rings is 4. The molecule has 0 bridgehead atoms. The van der Waals surface area contributed by atoms with E-state index in [1.54, 1.807) is 7.11 Å². The zero-order valence-corrected chi connectivity index (χ0v) is 18.9. The smallest absolute Gasteiger partial charge is 0.152 e. The van der Waals surface area contributed by atoms with Gasteiger partial charge in [-0.1, -0.05) is 66.7 Å². The molecule has 33 heavy (non-hydrogen) atoms. The molecule has 0 aliphatic heterocycles. The van der Waals surface area contributed by atoms with Crippen molar-refractivity contribution < 1.29 is 4.74 Å². The topological polar surface area (TPSA) is 63.7 Å². The Hall–Kier alpha value is -3.57. The maximum atomic E-state index is 5.54. The first-order valence-corrected chi connectivity index (χ1v) is 11.5. The Morgan fingerprint density at radius 2 is 1.55 bits per heavy atom. The number of fused-ring (bicyclic) bond motifs is 5. The van der Waals surface area contributed by atoms with Crippen molar-refractivity contribution in [3.8, 4) is 0 Å². The quantitative estimate of drug-likeness (QED) is 0.361. The minimum Gasteiger partial charge on any atom is -0.380 e. The molecule has 0 atom stereocenters. The standard InChI is InChI=1S/C22H22N4O.C6H6/c1-27-13-16-12-21-17-5-3-2-4-15(17)7-9-19(21)18-8-6-14(10-20(16)18)11-22-23-25-26-24-22;1-2-4-6-5-3-1/h6-10,12H,2-5,11,13H2,1H3,(H,23,24,25,26);1-6H. The number of ether oxygens (including phenoxy) is 1. The Morgan fingerprint density at radius 3 is 2.27 bits per heavy atom. The fraction of sp³-hybridized carbons (Fsp3) is 0.250. The zero-order valence-electron chi connectivity index (χ0n) is 18.9. The van der Waals surface area contributed by atoms with Crippen molar-refractivity contribution >= 4 is 21.5 Å². The molecule has 5 nitrogen and oxygen atoms in total. The highest BCUT2D eigenvalue weighted by molar-refractivity contribution is 6.10. The van der Waals surface area contributed by atoms with Crippen LogP contribution < -0.4 is 0 Å². The number of methoxy groups -OCH3 is 1. The summed E-state index contributed by atoms with van der Waals surface area (Å²) in [6.07, 6.45) is 5.66. The summed E-state index contributed by atoms with van der Waals surface area (Å²) in [5, 5.41) is 19.5. The monoisotopic (exact) mass is 436 g/mol. The summed E-state index contributed by atoms with van der Waals surface area (Å²) in [7, 11) is 1.76. The predicted molar refractivity (Wildman–Crippen MR) is 132 cm³/mol. The number of rotatable bonds is 4. The van der Waals surface area contributed by atoms with Crippen LogP contribution in [0.3, 0.4) is 0 Å². The van der Waals surface area contributed by atoms with Crippen molar-refractivity contribution in [3.05, 3.63) is 101 Å². The molecule has 166 valence electrons. The van der Waals surface area contributed by atoms with Crippen molar-refractivity contribution in [2.45, 2.75) is 38.7 Å². The van der Waals surface area contributed by atoms with Gasteiger partial charge >= 0.3 is 0 Å². The third-order valence-electron chi connectivity index (χ3n) is 6.34. The first-order valence-electron chi connectivity index (χ1n) is 11.5. The molecular formula is C28H28N4O. The van der Waals surface area contributed by atoms with Gasteiger partial charge in [0.05, 0.1) is 6.61 Å². The van der Waals surface area contributed by atoms with Gasteiger partial charge in [0.15, 0.2) is 5.82 Å². The molecule has 0 saturated carbocycles. The number of hydrogen-bond donors (Lipinski definition) is 1. The fourth-order valence-corrected chi connectivity index (χ4v) is 4.82. The molecule has 1 aromatic heterocycles. The first-order chi connectivity index (χ1) is 16.3. The molecule has 6 rings (SSSR count). The van der Waals surface area contributed by atoms with Crippen molar-refractivity contribution in [2.75, 3.05) is 7.11 Å². The number of nitrogens with zero attached hydrogens (tertiary/aromatic N) is 3. The van der Waals surface area contributed by atoms with E-state index in [9.17, 15) is 0 Å². The second-order valence-corrected chi connectivity index (χ2v) is 8.53. The van der Waals surface area contributed by atoms with Crippen LogP contribution in [0.2, 0.25) is 0 Å². The lowest BCUT2D eigenvalue weighted by atomic mass is 9.85. The van der Waals surface area contributed by atoms with E-state index in [0.29, 0.717) is 13.0 Å². The summed E-state index contributed by atoms with van der Waals surface area (Å²) in [4.78, 5) is 0. The number of aromatic amines is 1. The molecule has 1 N–H and O–H groups in total. The van der Waals surface area contributed by atoms with E-state index >= 15 is 0 Å². The van der Waals surface area contributed by atoms with Gasteiger partial charge in [0, 0.05) is 13.5 Å². The van der Waals surface area contributed by atoms with Crippen molar-refractivity contribution in [3.63, 3.8) is 0 Å². The second kappa shape index (κ2) is 9.92. The first kappa shape index (κ1) is 21.3. The Kier molecular flexibility index (Phi) is 6.40. The Balaban J connectivity index is 0.000000332. The second-order valence-electron chi connectivity index (χ2n) is 8.53. The van der Waals surface area contributed by atoms with Gasteiger partial charge in [0.1, 0.15) is 0 Å². The van der Waals surface area contributed by atoms with Crippen LogP contribution in [0.1, 0.15) is 40.9 Å². The van der Waals surface area contributed by atoms with Crippen LogP contribution in [0.15, 0.2) is 72.8 Å². The van der Waals surface area contributed by atoms with Gasteiger partial charge in [0.2, 0.25) is 0 Å². The van der Waals surface area contributed by atoms with Gasteiger partial charge < -0.3 is 4.74 Å². The average molecular weight is 437 g/mol. The number of aromatic nitrogens is 4. The Bertz CT molecular complexity index is 1320. The molecule has 0 radical (unpaired) electrons. The zero-order chi connectivity index (χ0) is 22.5. The van der Waals surface area contributed by atoms with Gasteiger partial charge in [-0.05, 0) is 86.0 Å². The Morgan fingerprint density at radius 1 is 0.818 bits per heavy atom.